The van der Waals surface area contributed by atoms with Gasteiger partial charge in [0, 0.05) is 23.9 Å². The number of phenols is 1. The number of phenolic OH excluding ortho intramolecular Hbond substituents is 1. The van der Waals surface area contributed by atoms with Crippen LogP contribution in [0.3, 0.4) is 0 Å². The van der Waals surface area contributed by atoms with Crippen molar-refractivity contribution in [1.82, 2.24) is 9.88 Å². The van der Waals surface area contributed by atoms with Crippen LogP contribution >= 0.6 is 0 Å². The molecule has 3 aromatic rings. The van der Waals surface area contributed by atoms with Crippen LogP contribution in [0, 0.1) is 0 Å². The van der Waals surface area contributed by atoms with Gasteiger partial charge in [-0.1, -0.05) is 37.3 Å². The third-order valence-corrected chi connectivity index (χ3v) is 4.46. The molecule has 1 heterocycles. The molecule has 26 heavy (non-hydrogen) atoms. The SMILES string of the molecule is CCc1c(-c2cccc(CN(C)C)c2)cnc(N)c1-c1ccc(O)cc1. The van der Waals surface area contributed by atoms with Crippen LogP contribution in [0.25, 0.3) is 22.3 Å². The monoisotopic (exact) mass is 347 g/mol. The van der Waals surface area contributed by atoms with Crippen molar-refractivity contribution in [2.75, 3.05) is 19.8 Å². The Morgan fingerprint density at radius 1 is 1.04 bits per heavy atom. The van der Waals surface area contributed by atoms with Gasteiger partial charge in [0.05, 0.1) is 0 Å². The molecule has 0 aliphatic carbocycles. The van der Waals surface area contributed by atoms with Crippen molar-refractivity contribution < 1.29 is 5.11 Å². The Morgan fingerprint density at radius 2 is 1.77 bits per heavy atom. The van der Waals surface area contributed by atoms with Crippen LogP contribution in [-0.2, 0) is 13.0 Å². The van der Waals surface area contributed by atoms with E-state index in [9.17, 15) is 5.11 Å². The quantitative estimate of drug-likeness (QED) is 0.721. The van der Waals surface area contributed by atoms with Gasteiger partial charge in [-0.15, -0.1) is 0 Å². The topological polar surface area (TPSA) is 62.4 Å². The molecule has 4 heteroatoms. The molecule has 0 aliphatic rings. The fourth-order valence-corrected chi connectivity index (χ4v) is 3.33. The molecule has 0 radical (unpaired) electrons. The predicted molar refractivity (Wildman–Crippen MR) is 108 cm³/mol. The third kappa shape index (κ3) is 3.70. The second-order valence-electron chi connectivity index (χ2n) is 6.75. The number of nitrogens with two attached hydrogens (primary N) is 1. The molecule has 1 aromatic heterocycles. The van der Waals surface area contributed by atoms with Crippen molar-refractivity contribution in [2.45, 2.75) is 19.9 Å². The molecule has 0 saturated carbocycles. The van der Waals surface area contributed by atoms with Crippen LogP contribution < -0.4 is 5.73 Å². The molecule has 4 nitrogen and oxygen atoms in total. The van der Waals surface area contributed by atoms with Gasteiger partial charge in [0.15, 0.2) is 0 Å². The molecule has 0 bridgehead atoms. The van der Waals surface area contributed by atoms with Gasteiger partial charge in [0.2, 0.25) is 0 Å². The number of benzene rings is 2. The lowest BCUT2D eigenvalue weighted by atomic mass is 9.91. The number of rotatable bonds is 5. The highest BCUT2D eigenvalue weighted by Crippen LogP contribution is 2.36. The van der Waals surface area contributed by atoms with Crippen molar-refractivity contribution in [3.63, 3.8) is 0 Å². The zero-order valence-electron chi connectivity index (χ0n) is 15.5. The van der Waals surface area contributed by atoms with Crippen molar-refractivity contribution in [1.29, 1.82) is 0 Å². The highest BCUT2D eigenvalue weighted by molar-refractivity contribution is 5.84. The van der Waals surface area contributed by atoms with Gasteiger partial charge in [-0.05, 0) is 61.0 Å². The number of nitrogen functional groups attached to an aromatic ring is 1. The van der Waals surface area contributed by atoms with E-state index in [0.717, 1.165) is 35.2 Å². The van der Waals surface area contributed by atoms with Crippen LogP contribution in [0.5, 0.6) is 5.75 Å². The molecule has 0 spiro atoms. The maximum atomic E-state index is 9.58. The molecule has 0 fully saturated rings. The van der Waals surface area contributed by atoms with Crippen molar-refractivity contribution in [3.8, 4) is 28.0 Å². The van der Waals surface area contributed by atoms with Crippen LogP contribution in [0.15, 0.2) is 54.7 Å². The number of aromatic hydroxyl groups is 1. The maximum Gasteiger partial charge on any atom is 0.131 e. The zero-order chi connectivity index (χ0) is 18.7. The number of aromatic nitrogens is 1. The lowest BCUT2D eigenvalue weighted by Gasteiger charge is -2.17. The fraction of sp³-hybridized carbons (Fsp3) is 0.227. The summed E-state index contributed by atoms with van der Waals surface area (Å²) in [6.07, 6.45) is 2.71. The van der Waals surface area contributed by atoms with Gasteiger partial charge in [-0.25, -0.2) is 4.98 Å². The molecule has 0 unspecified atom stereocenters. The largest absolute Gasteiger partial charge is 0.508 e. The van der Waals surface area contributed by atoms with Gasteiger partial charge in [0.1, 0.15) is 11.6 Å². The molecular formula is C22H25N3O. The van der Waals surface area contributed by atoms with E-state index in [1.165, 1.54) is 11.1 Å². The third-order valence-electron chi connectivity index (χ3n) is 4.46. The molecule has 0 atom stereocenters. The van der Waals surface area contributed by atoms with E-state index < -0.39 is 0 Å². The second kappa shape index (κ2) is 7.58. The fourth-order valence-electron chi connectivity index (χ4n) is 3.33. The van der Waals surface area contributed by atoms with Crippen LogP contribution in [0.4, 0.5) is 5.82 Å². The van der Waals surface area contributed by atoms with Crippen LogP contribution in [0.2, 0.25) is 0 Å². The molecule has 3 rings (SSSR count). The van der Waals surface area contributed by atoms with E-state index >= 15 is 0 Å². The van der Waals surface area contributed by atoms with Gasteiger partial charge < -0.3 is 15.7 Å². The Balaban J connectivity index is 2.14. The van der Waals surface area contributed by atoms with Gasteiger partial charge in [0.25, 0.3) is 0 Å². The van der Waals surface area contributed by atoms with Gasteiger partial charge in [-0.2, -0.15) is 0 Å². The second-order valence-corrected chi connectivity index (χ2v) is 6.75. The van der Waals surface area contributed by atoms with E-state index in [4.69, 9.17) is 5.73 Å². The van der Waals surface area contributed by atoms with E-state index in [2.05, 4.69) is 55.2 Å². The highest BCUT2D eigenvalue weighted by atomic mass is 16.3. The summed E-state index contributed by atoms with van der Waals surface area (Å²) in [6.45, 7) is 3.02. The highest BCUT2D eigenvalue weighted by Gasteiger charge is 2.15. The summed E-state index contributed by atoms with van der Waals surface area (Å²) in [5.74, 6) is 0.756. The standard InChI is InChI=1S/C22H25N3O/c1-4-19-20(17-7-5-6-15(12-17)14-25(2)3)13-24-22(23)21(19)16-8-10-18(26)11-9-16/h5-13,26H,4,14H2,1-3H3,(H2,23,24). The summed E-state index contributed by atoms with van der Waals surface area (Å²) >= 11 is 0. The Labute approximate surface area is 154 Å². The first kappa shape index (κ1) is 18.0. The number of anilines is 1. The summed E-state index contributed by atoms with van der Waals surface area (Å²) < 4.78 is 0. The summed E-state index contributed by atoms with van der Waals surface area (Å²) in [5, 5.41) is 9.58. The van der Waals surface area contributed by atoms with E-state index in [1.807, 2.05) is 18.3 Å². The lowest BCUT2D eigenvalue weighted by Crippen LogP contribution is -2.10. The van der Waals surface area contributed by atoms with Crippen molar-refractivity contribution in [3.05, 3.63) is 65.9 Å². The number of hydrogen-bond acceptors (Lipinski definition) is 4. The van der Waals surface area contributed by atoms with Crippen LogP contribution in [-0.4, -0.2) is 29.1 Å². The minimum atomic E-state index is 0.242. The van der Waals surface area contributed by atoms with Gasteiger partial charge >= 0.3 is 0 Å². The molecule has 0 aliphatic heterocycles. The predicted octanol–water partition coefficient (Wildman–Crippen LogP) is 4.33. The average molecular weight is 347 g/mol. The minimum absolute atomic E-state index is 0.242. The van der Waals surface area contributed by atoms with E-state index in [1.54, 1.807) is 12.1 Å². The minimum Gasteiger partial charge on any atom is -0.508 e. The number of hydrogen-bond donors (Lipinski definition) is 2. The Hall–Kier alpha value is -2.85. The maximum absolute atomic E-state index is 9.58. The summed E-state index contributed by atoms with van der Waals surface area (Å²) in [4.78, 5) is 6.61. The van der Waals surface area contributed by atoms with Gasteiger partial charge in [-0.3, -0.25) is 0 Å². The molecular weight excluding hydrogens is 322 g/mol. The van der Waals surface area contributed by atoms with Crippen LogP contribution in [0.1, 0.15) is 18.1 Å². The van der Waals surface area contributed by atoms with E-state index in [-0.39, 0.29) is 5.75 Å². The molecule has 3 N–H and O–H groups in total. The van der Waals surface area contributed by atoms with E-state index in [0.29, 0.717) is 5.82 Å². The summed E-state index contributed by atoms with van der Waals surface area (Å²) in [5.41, 5.74) is 12.8. The first-order valence-electron chi connectivity index (χ1n) is 8.80. The average Bonchev–Trinajstić information content (AvgIpc) is 2.62. The lowest BCUT2D eigenvalue weighted by molar-refractivity contribution is 0.402. The zero-order valence-corrected chi connectivity index (χ0v) is 15.5. The molecule has 134 valence electrons. The smallest absolute Gasteiger partial charge is 0.131 e. The molecule has 2 aromatic carbocycles. The first-order chi connectivity index (χ1) is 12.5. The van der Waals surface area contributed by atoms with Crippen molar-refractivity contribution >= 4 is 5.82 Å². The summed E-state index contributed by atoms with van der Waals surface area (Å²) in [7, 11) is 4.13. The number of pyridine rings is 1. The first-order valence-corrected chi connectivity index (χ1v) is 8.80. The Bertz CT molecular complexity index is 902. The molecule has 0 amide bonds. The Morgan fingerprint density at radius 3 is 2.42 bits per heavy atom. The Kier molecular flexibility index (Phi) is 5.24. The summed E-state index contributed by atoms with van der Waals surface area (Å²) in [6, 6.07) is 15.7. The van der Waals surface area contributed by atoms with Crippen molar-refractivity contribution in [2.24, 2.45) is 0 Å². The molecule has 0 saturated heterocycles. The normalized spacial score (nSPS) is 11.1. The number of nitrogens with zero attached hydrogens (tertiary/aromatic N) is 2.